The van der Waals surface area contributed by atoms with Crippen molar-refractivity contribution in [3.63, 3.8) is 0 Å². The van der Waals surface area contributed by atoms with E-state index in [1.807, 2.05) is 13.8 Å². The van der Waals surface area contributed by atoms with Gasteiger partial charge in [-0.1, -0.05) is 0 Å². The van der Waals surface area contributed by atoms with Crippen molar-refractivity contribution in [2.75, 3.05) is 32.0 Å². The number of ether oxygens (including phenoxy) is 1. The van der Waals surface area contributed by atoms with Crippen LogP contribution in [0.15, 0.2) is 0 Å². The second-order valence-corrected chi connectivity index (χ2v) is 7.27. The predicted molar refractivity (Wildman–Crippen MR) is 80.1 cm³/mol. The minimum Gasteiger partial charge on any atom is -0.378 e. The van der Waals surface area contributed by atoms with Gasteiger partial charge in [0.15, 0.2) is 0 Å². The summed E-state index contributed by atoms with van der Waals surface area (Å²) in [5.41, 5.74) is 5.54. The number of hydrogen-bond donors (Lipinski definition) is 1. The van der Waals surface area contributed by atoms with Gasteiger partial charge in [-0.2, -0.15) is 0 Å². The van der Waals surface area contributed by atoms with Crippen LogP contribution in [-0.4, -0.2) is 50.8 Å². The molecule has 1 aliphatic rings. The maximum atomic E-state index is 12.1. The fourth-order valence-electron chi connectivity index (χ4n) is 2.27. The van der Waals surface area contributed by atoms with Crippen molar-refractivity contribution < 1.29 is 13.2 Å². The third-order valence-electron chi connectivity index (χ3n) is 3.24. The third kappa shape index (κ3) is 6.90. The zero-order valence-corrected chi connectivity index (χ0v) is 13.5. The number of nitrogens with zero attached hydrogens (tertiary/aromatic N) is 1. The van der Waals surface area contributed by atoms with E-state index in [0.717, 1.165) is 19.3 Å². The van der Waals surface area contributed by atoms with Crippen molar-refractivity contribution in [2.24, 2.45) is 11.7 Å². The molecule has 1 aliphatic heterocycles. The van der Waals surface area contributed by atoms with E-state index in [1.165, 1.54) is 0 Å². The fourth-order valence-corrected chi connectivity index (χ4v) is 3.68. The second-order valence-electron chi connectivity index (χ2n) is 5.18. The summed E-state index contributed by atoms with van der Waals surface area (Å²) in [6, 6.07) is 0. The van der Waals surface area contributed by atoms with E-state index < -0.39 is 10.0 Å². The van der Waals surface area contributed by atoms with Crippen LogP contribution in [0.25, 0.3) is 0 Å². The Balaban J connectivity index is 0.00000324. The van der Waals surface area contributed by atoms with Crippen molar-refractivity contribution in [1.82, 2.24) is 4.31 Å². The smallest absolute Gasteiger partial charge is 0.216 e. The maximum Gasteiger partial charge on any atom is 0.216 e. The van der Waals surface area contributed by atoms with Gasteiger partial charge >= 0.3 is 0 Å². The normalized spacial score (nSPS) is 21.4. The molecule has 1 rings (SSSR count). The van der Waals surface area contributed by atoms with Gasteiger partial charge in [0.25, 0.3) is 0 Å². The Labute approximate surface area is 123 Å². The number of halogens is 1. The van der Waals surface area contributed by atoms with Crippen LogP contribution < -0.4 is 5.73 Å². The summed E-state index contributed by atoms with van der Waals surface area (Å²) in [7, 11) is -3.16. The number of sulfonamides is 1. The zero-order chi connectivity index (χ0) is 13.6. The van der Waals surface area contributed by atoms with Gasteiger partial charge in [-0.25, -0.2) is 12.7 Å². The lowest BCUT2D eigenvalue weighted by Crippen LogP contribution is -2.42. The molecule has 0 saturated carbocycles. The van der Waals surface area contributed by atoms with Crippen LogP contribution in [0.1, 0.15) is 33.1 Å². The Morgan fingerprint density at radius 3 is 2.68 bits per heavy atom. The molecule has 0 bridgehead atoms. The molecular weight excluding hydrogens is 288 g/mol. The Morgan fingerprint density at radius 2 is 2.11 bits per heavy atom. The highest BCUT2D eigenvalue weighted by Gasteiger charge is 2.28. The fraction of sp³-hybridized carbons (Fsp3) is 1.00. The minimum absolute atomic E-state index is 0. The predicted octanol–water partition coefficient (Wildman–Crippen LogP) is 1.22. The Bertz CT molecular complexity index is 334. The molecule has 7 heteroatoms. The largest absolute Gasteiger partial charge is 0.378 e. The number of piperidine rings is 1. The molecule has 1 unspecified atom stereocenters. The first-order chi connectivity index (χ1) is 8.45. The van der Waals surface area contributed by atoms with E-state index in [2.05, 4.69) is 0 Å². The highest BCUT2D eigenvalue weighted by atomic mass is 35.5. The molecule has 0 radical (unpaired) electrons. The highest BCUT2D eigenvalue weighted by molar-refractivity contribution is 7.89. The van der Waals surface area contributed by atoms with Crippen LogP contribution in [0.2, 0.25) is 0 Å². The molecule has 1 heterocycles. The SMILES string of the molecule is CC(C)OCCS(=O)(=O)N1CCCC(CCN)C1.Cl. The average molecular weight is 315 g/mol. The quantitative estimate of drug-likeness (QED) is 0.767. The lowest BCUT2D eigenvalue weighted by atomic mass is 9.96. The molecule has 0 amide bonds. The van der Waals surface area contributed by atoms with E-state index in [-0.39, 0.29) is 30.9 Å². The molecule has 1 fully saturated rings. The van der Waals surface area contributed by atoms with E-state index in [4.69, 9.17) is 10.5 Å². The van der Waals surface area contributed by atoms with Gasteiger partial charge in [0.1, 0.15) is 0 Å². The van der Waals surface area contributed by atoms with Gasteiger partial charge in [0.05, 0.1) is 18.5 Å². The maximum absolute atomic E-state index is 12.1. The summed E-state index contributed by atoms with van der Waals surface area (Å²) in [5, 5.41) is 0. The van der Waals surface area contributed by atoms with Gasteiger partial charge in [0.2, 0.25) is 10.0 Å². The Morgan fingerprint density at radius 1 is 1.42 bits per heavy atom. The lowest BCUT2D eigenvalue weighted by Gasteiger charge is -2.31. The first-order valence-electron chi connectivity index (χ1n) is 6.75. The van der Waals surface area contributed by atoms with Crippen molar-refractivity contribution in [1.29, 1.82) is 0 Å². The molecule has 1 atom stereocenters. The average Bonchev–Trinajstić information content (AvgIpc) is 2.29. The third-order valence-corrected chi connectivity index (χ3v) is 5.04. The summed E-state index contributed by atoms with van der Waals surface area (Å²) in [6.45, 7) is 5.99. The molecular formula is C12H27ClN2O3S. The zero-order valence-electron chi connectivity index (χ0n) is 11.9. The van der Waals surface area contributed by atoms with Crippen LogP contribution in [0.3, 0.4) is 0 Å². The van der Waals surface area contributed by atoms with Gasteiger partial charge in [-0.05, 0) is 45.6 Å². The van der Waals surface area contributed by atoms with Gasteiger partial charge in [-0.15, -0.1) is 12.4 Å². The van der Waals surface area contributed by atoms with Crippen molar-refractivity contribution in [3.05, 3.63) is 0 Å². The van der Waals surface area contributed by atoms with Gasteiger partial charge in [-0.3, -0.25) is 0 Å². The molecule has 0 aromatic rings. The van der Waals surface area contributed by atoms with Gasteiger partial charge < -0.3 is 10.5 Å². The first-order valence-corrected chi connectivity index (χ1v) is 8.36. The molecule has 2 N–H and O–H groups in total. The summed E-state index contributed by atoms with van der Waals surface area (Å²) in [5.74, 6) is 0.505. The van der Waals surface area contributed by atoms with Crippen LogP contribution in [0, 0.1) is 5.92 Å². The standard InChI is InChI=1S/C12H26N2O3S.ClH/c1-11(2)17-8-9-18(15,16)14-7-3-4-12(10-14)5-6-13;/h11-12H,3-10,13H2,1-2H3;1H. The molecule has 1 saturated heterocycles. The lowest BCUT2D eigenvalue weighted by molar-refractivity contribution is 0.0904. The molecule has 0 aromatic carbocycles. The van der Waals surface area contributed by atoms with Crippen molar-refractivity contribution in [3.8, 4) is 0 Å². The second kappa shape index (κ2) is 9.13. The van der Waals surface area contributed by atoms with E-state index in [9.17, 15) is 8.42 Å². The van der Waals surface area contributed by atoms with Crippen molar-refractivity contribution in [2.45, 2.75) is 39.2 Å². The monoisotopic (exact) mass is 314 g/mol. The molecule has 5 nitrogen and oxygen atoms in total. The molecule has 0 aromatic heterocycles. The molecule has 0 spiro atoms. The number of rotatable bonds is 7. The topological polar surface area (TPSA) is 72.6 Å². The molecule has 19 heavy (non-hydrogen) atoms. The molecule has 0 aliphatic carbocycles. The number of nitrogens with two attached hydrogens (primary N) is 1. The van der Waals surface area contributed by atoms with E-state index >= 15 is 0 Å². The first kappa shape index (κ1) is 19.1. The molecule has 116 valence electrons. The van der Waals surface area contributed by atoms with Crippen LogP contribution >= 0.6 is 12.4 Å². The summed E-state index contributed by atoms with van der Waals surface area (Å²) >= 11 is 0. The highest BCUT2D eigenvalue weighted by Crippen LogP contribution is 2.21. The van der Waals surface area contributed by atoms with E-state index in [0.29, 0.717) is 25.6 Å². The van der Waals surface area contributed by atoms with Crippen LogP contribution in [-0.2, 0) is 14.8 Å². The summed E-state index contributed by atoms with van der Waals surface area (Å²) < 4.78 is 31.2. The Hall–Kier alpha value is 0.120. The van der Waals surface area contributed by atoms with E-state index in [1.54, 1.807) is 4.31 Å². The van der Waals surface area contributed by atoms with Crippen molar-refractivity contribution >= 4 is 22.4 Å². The van der Waals surface area contributed by atoms with Gasteiger partial charge in [0, 0.05) is 13.1 Å². The van der Waals surface area contributed by atoms with Crippen LogP contribution in [0.5, 0.6) is 0 Å². The Kier molecular flexibility index (Phi) is 9.19. The summed E-state index contributed by atoms with van der Waals surface area (Å²) in [6.07, 6.45) is 3.02. The summed E-state index contributed by atoms with van der Waals surface area (Å²) in [4.78, 5) is 0. The minimum atomic E-state index is -3.16. The number of hydrogen-bond acceptors (Lipinski definition) is 4. The van der Waals surface area contributed by atoms with Crippen LogP contribution in [0.4, 0.5) is 0 Å².